The Bertz CT molecular complexity index is 526. The number of nitrogens with zero attached hydrogens (tertiary/aromatic N) is 2. The monoisotopic (exact) mass is 492 g/mol. The molecule has 25 heavy (non-hydrogen) atoms. The lowest BCUT2D eigenvalue weighted by Gasteiger charge is -2.19. The normalized spacial score (nSPS) is 12.0. The van der Waals surface area contributed by atoms with Crippen LogP contribution in [0.3, 0.4) is 0 Å². The van der Waals surface area contributed by atoms with E-state index in [1.54, 1.807) is 7.05 Å². The number of guanidine groups is 1. The fourth-order valence-corrected chi connectivity index (χ4v) is 2.39. The number of benzene rings is 1. The Morgan fingerprint density at radius 2 is 1.92 bits per heavy atom. The van der Waals surface area contributed by atoms with E-state index >= 15 is 0 Å². The average Bonchev–Trinajstić information content (AvgIpc) is 2.48. The summed E-state index contributed by atoms with van der Waals surface area (Å²) in [6.07, 6.45) is -2.75. The maximum atomic E-state index is 12.2. The standard InChI is InChI=1S/C16H24ClF3N4.HI/c1-21-15(22-8-4-10-24(2)12-16(18,19)20)23-9-7-13-5-3-6-14(17)11-13;/h3,5-6,11H,4,7-10,12H2,1-2H3,(H2,21,22,23);1H. The third-order valence-electron chi connectivity index (χ3n) is 3.28. The van der Waals surface area contributed by atoms with E-state index in [1.165, 1.54) is 11.9 Å². The Hall–Kier alpha value is -0.740. The van der Waals surface area contributed by atoms with Gasteiger partial charge < -0.3 is 10.6 Å². The Labute approximate surface area is 169 Å². The number of halogens is 5. The zero-order valence-corrected chi connectivity index (χ0v) is 17.5. The minimum absolute atomic E-state index is 0. The summed E-state index contributed by atoms with van der Waals surface area (Å²) in [5.41, 5.74) is 1.12. The highest BCUT2D eigenvalue weighted by molar-refractivity contribution is 14.0. The molecule has 0 aliphatic carbocycles. The van der Waals surface area contributed by atoms with Gasteiger partial charge in [0.05, 0.1) is 6.54 Å². The van der Waals surface area contributed by atoms with Crippen LogP contribution in [-0.4, -0.2) is 57.3 Å². The van der Waals surface area contributed by atoms with Crippen LogP contribution < -0.4 is 10.6 Å². The van der Waals surface area contributed by atoms with Crippen LogP contribution in [0.5, 0.6) is 0 Å². The van der Waals surface area contributed by atoms with E-state index in [1.807, 2.05) is 24.3 Å². The molecule has 9 heteroatoms. The molecule has 1 rings (SSSR count). The fraction of sp³-hybridized carbons (Fsp3) is 0.562. The highest BCUT2D eigenvalue weighted by Gasteiger charge is 2.28. The molecular formula is C16H25ClF3IN4. The van der Waals surface area contributed by atoms with E-state index in [0.717, 1.165) is 12.0 Å². The molecule has 144 valence electrons. The maximum Gasteiger partial charge on any atom is 0.401 e. The van der Waals surface area contributed by atoms with E-state index in [4.69, 9.17) is 11.6 Å². The molecule has 0 saturated carbocycles. The number of hydrogen-bond donors (Lipinski definition) is 2. The summed E-state index contributed by atoms with van der Waals surface area (Å²) in [7, 11) is 3.12. The summed E-state index contributed by atoms with van der Waals surface area (Å²) in [6.45, 7) is 0.721. The van der Waals surface area contributed by atoms with Crippen LogP contribution in [0, 0.1) is 0 Å². The summed E-state index contributed by atoms with van der Waals surface area (Å²) in [4.78, 5) is 5.35. The highest BCUT2D eigenvalue weighted by atomic mass is 127. The molecule has 0 saturated heterocycles. The Morgan fingerprint density at radius 1 is 1.24 bits per heavy atom. The molecule has 0 radical (unpaired) electrons. The van der Waals surface area contributed by atoms with Crippen LogP contribution in [0.1, 0.15) is 12.0 Å². The summed E-state index contributed by atoms with van der Waals surface area (Å²) in [6, 6.07) is 7.65. The van der Waals surface area contributed by atoms with Crippen molar-refractivity contribution in [3.63, 3.8) is 0 Å². The number of hydrogen-bond acceptors (Lipinski definition) is 2. The number of rotatable bonds is 8. The molecule has 0 amide bonds. The van der Waals surface area contributed by atoms with Gasteiger partial charge in [-0.3, -0.25) is 9.89 Å². The largest absolute Gasteiger partial charge is 0.401 e. The van der Waals surface area contributed by atoms with E-state index in [9.17, 15) is 13.2 Å². The topological polar surface area (TPSA) is 39.7 Å². The van der Waals surface area contributed by atoms with Gasteiger partial charge in [0.1, 0.15) is 0 Å². The van der Waals surface area contributed by atoms with Crippen molar-refractivity contribution in [1.82, 2.24) is 15.5 Å². The van der Waals surface area contributed by atoms with Crippen LogP contribution >= 0.6 is 35.6 Å². The van der Waals surface area contributed by atoms with E-state index in [2.05, 4.69) is 15.6 Å². The second kappa shape index (κ2) is 12.6. The molecule has 0 aromatic heterocycles. The molecule has 1 aromatic carbocycles. The van der Waals surface area contributed by atoms with Crippen molar-refractivity contribution in [2.24, 2.45) is 4.99 Å². The van der Waals surface area contributed by atoms with Crippen molar-refractivity contribution in [3.8, 4) is 0 Å². The van der Waals surface area contributed by atoms with Gasteiger partial charge in [0, 0.05) is 25.2 Å². The van der Waals surface area contributed by atoms with Gasteiger partial charge in [-0.25, -0.2) is 0 Å². The van der Waals surface area contributed by atoms with Crippen LogP contribution in [0.4, 0.5) is 13.2 Å². The Kier molecular flexibility index (Phi) is 12.2. The van der Waals surface area contributed by atoms with Gasteiger partial charge in [0.25, 0.3) is 0 Å². The van der Waals surface area contributed by atoms with Crippen molar-refractivity contribution < 1.29 is 13.2 Å². The molecule has 0 aliphatic heterocycles. The van der Waals surface area contributed by atoms with Gasteiger partial charge in [-0.2, -0.15) is 13.2 Å². The van der Waals surface area contributed by atoms with E-state index < -0.39 is 12.7 Å². The van der Waals surface area contributed by atoms with Gasteiger partial charge >= 0.3 is 6.18 Å². The maximum absolute atomic E-state index is 12.2. The molecule has 0 bridgehead atoms. The number of nitrogens with one attached hydrogen (secondary N) is 2. The predicted molar refractivity (Wildman–Crippen MR) is 108 cm³/mol. The van der Waals surface area contributed by atoms with Crippen molar-refractivity contribution in [2.75, 3.05) is 40.3 Å². The average molecular weight is 493 g/mol. The Morgan fingerprint density at radius 3 is 2.52 bits per heavy atom. The van der Waals surface area contributed by atoms with Crippen molar-refractivity contribution >= 4 is 41.5 Å². The third kappa shape index (κ3) is 12.3. The molecular weight excluding hydrogens is 468 g/mol. The Balaban J connectivity index is 0.00000576. The molecule has 2 N–H and O–H groups in total. The van der Waals surface area contributed by atoms with Crippen molar-refractivity contribution in [1.29, 1.82) is 0 Å². The minimum atomic E-state index is -4.15. The van der Waals surface area contributed by atoms with Gasteiger partial charge in [-0.05, 0) is 44.1 Å². The summed E-state index contributed by atoms with van der Waals surface area (Å²) >= 11 is 5.93. The molecule has 0 unspecified atom stereocenters. The van der Waals surface area contributed by atoms with Crippen LogP contribution in [0.25, 0.3) is 0 Å². The molecule has 1 aromatic rings. The van der Waals surface area contributed by atoms with Crippen molar-refractivity contribution in [3.05, 3.63) is 34.9 Å². The van der Waals surface area contributed by atoms with Gasteiger partial charge in [-0.1, -0.05) is 23.7 Å². The van der Waals surface area contributed by atoms with Crippen LogP contribution in [0.15, 0.2) is 29.3 Å². The molecule has 0 fully saturated rings. The van der Waals surface area contributed by atoms with Crippen LogP contribution in [-0.2, 0) is 6.42 Å². The molecule has 0 aliphatic rings. The first-order valence-corrected chi connectivity index (χ1v) is 8.12. The quantitative estimate of drug-likeness (QED) is 0.252. The van der Waals surface area contributed by atoms with E-state index in [0.29, 0.717) is 37.0 Å². The predicted octanol–water partition coefficient (Wildman–Crippen LogP) is 3.55. The lowest BCUT2D eigenvalue weighted by atomic mass is 10.1. The minimum Gasteiger partial charge on any atom is -0.356 e. The number of alkyl halides is 3. The first-order chi connectivity index (χ1) is 11.3. The van der Waals surface area contributed by atoms with Gasteiger partial charge in [0.2, 0.25) is 0 Å². The van der Waals surface area contributed by atoms with Gasteiger partial charge in [0.15, 0.2) is 5.96 Å². The van der Waals surface area contributed by atoms with E-state index in [-0.39, 0.29) is 24.0 Å². The lowest BCUT2D eigenvalue weighted by Crippen LogP contribution is -2.40. The lowest BCUT2D eigenvalue weighted by molar-refractivity contribution is -0.143. The summed E-state index contributed by atoms with van der Waals surface area (Å²) in [5, 5.41) is 6.96. The van der Waals surface area contributed by atoms with Gasteiger partial charge in [-0.15, -0.1) is 24.0 Å². The summed E-state index contributed by atoms with van der Waals surface area (Å²) < 4.78 is 36.6. The summed E-state index contributed by atoms with van der Waals surface area (Å²) in [5.74, 6) is 0.635. The third-order valence-corrected chi connectivity index (χ3v) is 3.51. The fourth-order valence-electron chi connectivity index (χ4n) is 2.18. The second-order valence-corrected chi connectivity index (χ2v) is 5.95. The SMILES string of the molecule is CN=C(NCCCN(C)CC(F)(F)F)NCCc1cccc(Cl)c1.I. The first kappa shape index (κ1) is 24.3. The van der Waals surface area contributed by atoms with Crippen molar-refractivity contribution in [2.45, 2.75) is 19.0 Å². The molecule has 0 heterocycles. The first-order valence-electron chi connectivity index (χ1n) is 7.74. The highest BCUT2D eigenvalue weighted by Crippen LogP contribution is 2.15. The zero-order valence-electron chi connectivity index (χ0n) is 14.4. The molecule has 4 nitrogen and oxygen atoms in total. The second-order valence-electron chi connectivity index (χ2n) is 5.51. The van der Waals surface area contributed by atoms with Crippen LogP contribution in [0.2, 0.25) is 5.02 Å². The zero-order chi connectivity index (χ0) is 18.0. The molecule has 0 spiro atoms. The number of aliphatic imine (C=N–C) groups is 1. The smallest absolute Gasteiger partial charge is 0.356 e. The molecule has 0 atom stereocenters.